The molecule has 2 rings (SSSR count). The monoisotopic (exact) mass is 281 g/mol. The molecular formula is C12H9BrFNO. The van der Waals surface area contributed by atoms with Crippen molar-refractivity contribution in [2.45, 2.75) is 6.61 Å². The van der Waals surface area contributed by atoms with Gasteiger partial charge in [-0.1, -0.05) is 34.1 Å². The smallest absolute Gasteiger partial charge is 0.216 e. The van der Waals surface area contributed by atoms with E-state index in [1.165, 1.54) is 6.07 Å². The SMILES string of the molecule is Fc1cccc(OCc2ccc(Br)cc2)n1. The molecule has 0 atom stereocenters. The van der Waals surface area contributed by atoms with Crippen molar-refractivity contribution in [2.24, 2.45) is 0 Å². The number of nitrogens with zero attached hydrogens (tertiary/aromatic N) is 1. The molecule has 2 aromatic rings. The largest absolute Gasteiger partial charge is 0.473 e. The number of hydrogen-bond acceptors (Lipinski definition) is 2. The number of aromatic nitrogens is 1. The van der Waals surface area contributed by atoms with Crippen LogP contribution in [0.5, 0.6) is 5.88 Å². The van der Waals surface area contributed by atoms with Gasteiger partial charge in [-0.2, -0.15) is 9.37 Å². The van der Waals surface area contributed by atoms with Crippen molar-refractivity contribution in [3.63, 3.8) is 0 Å². The van der Waals surface area contributed by atoms with Crippen LogP contribution in [0.4, 0.5) is 4.39 Å². The van der Waals surface area contributed by atoms with Crippen LogP contribution in [0.1, 0.15) is 5.56 Å². The lowest BCUT2D eigenvalue weighted by Gasteiger charge is -2.04. The molecule has 0 aliphatic rings. The molecule has 4 heteroatoms. The normalized spacial score (nSPS) is 10.1. The quantitative estimate of drug-likeness (QED) is 0.803. The Morgan fingerprint density at radius 1 is 1.12 bits per heavy atom. The lowest BCUT2D eigenvalue weighted by atomic mass is 10.2. The maximum absolute atomic E-state index is 12.7. The molecule has 0 aliphatic heterocycles. The van der Waals surface area contributed by atoms with E-state index in [9.17, 15) is 4.39 Å². The average Bonchev–Trinajstić information content (AvgIpc) is 2.28. The summed E-state index contributed by atoms with van der Waals surface area (Å²) in [4.78, 5) is 3.61. The van der Waals surface area contributed by atoms with Crippen molar-refractivity contribution in [3.05, 3.63) is 58.4 Å². The van der Waals surface area contributed by atoms with Gasteiger partial charge in [-0.05, 0) is 23.8 Å². The second kappa shape index (κ2) is 5.07. The molecule has 0 bridgehead atoms. The minimum atomic E-state index is -0.534. The van der Waals surface area contributed by atoms with Gasteiger partial charge in [-0.3, -0.25) is 0 Å². The number of halogens is 2. The maximum Gasteiger partial charge on any atom is 0.216 e. The molecule has 0 N–H and O–H groups in total. The third-order valence-corrected chi connectivity index (χ3v) is 2.52. The molecule has 1 heterocycles. The molecule has 0 fully saturated rings. The van der Waals surface area contributed by atoms with E-state index in [-0.39, 0.29) is 0 Å². The van der Waals surface area contributed by atoms with E-state index in [0.717, 1.165) is 10.0 Å². The highest BCUT2D eigenvalue weighted by Gasteiger charge is 1.98. The van der Waals surface area contributed by atoms with Gasteiger partial charge in [0.15, 0.2) is 0 Å². The predicted molar refractivity (Wildman–Crippen MR) is 62.7 cm³/mol. The number of benzene rings is 1. The van der Waals surface area contributed by atoms with Crippen molar-refractivity contribution in [1.82, 2.24) is 4.98 Å². The molecule has 1 aromatic carbocycles. The van der Waals surface area contributed by atoms with Crippen LogP contribution in [0, 0.1) is 5.95 Å². The summed E-state index contributed by atoms with van der Waals surface area (Å²) in [6.45, 7) is 0.379. The van der Waals surface area contributed by atoms with E-state index < -0.39 is 5.95 Å². The van der Waals surface area contributed by atoms with E-state index in [1.54, 1.807) is 12.1 Å². The highest BCUT2D eigenvalue weighted by atomic mass is 79.9. The molecule has 0 spiro atoms. The first kappa shape index (κ1) is 11.1. The Bertz CT molecular complexity index is 473. The van der Waals surface area contributed by atoms with Crippen LogP contribution in [0.3, 0.4) is 0 Å². The van der Waals surface area contributed by atoms with Gasteiger partial charge in [0.2, 0.25) is 11.8 Å². The Kier molecular flexibility index (Phi) is 3.51. The topological polar surface area (TPSA) is 22.1 Å². The van der Waals surface area contributed by atoms with Crippen LogP contribution in [0.25, 0.3) is 0 Å². The summed E-state index contributed by atoms with van der Waals surface area (Å²) in [5, 5.41) is 0. The summed E-state index contributed by atoms with van der Waals surface area (Å²) in [6, 6.07) is 12.2. The first-order valence-corrected chi connectivity index (χ1v) is 5.53. The second-order valence-corrected chi connectivity index (χ2v) is 4.13. The predicted octanol–water partition coefficient (Wildman–Crippen LogP) is 3.56. The van der Waals surface area contributed by atoms with Crippen LogP contribution in [-0.4, -0.2) is 4.98 Å². The summed E-state index contributed by atoms with van der Waals surface area (Å²) in [5.41, 5.74) is 1.01. The Balaban J connectivity index is 1.99. The zero-order valence-corrected chi connectivity index (χ0v) is 9.95. The summed E-state index contributed by atoms with van der Waals surface area (Å²) in [5.74, 6) is -0.240. The molecule has 0 amide bonds. The maximum atomic E-state index is 12.7. The highest BCUT2D eigenvalue weighted by Crippen LogP contribution is 2.13. The Morgan fingerprint density at radius 2 is 1.88 bits per heavy atom. The summed E-state index contributed by atoms with van der Waals surface area (Å²) < 4.78 is 19.1. The molecule has 0 radical (unpaired) electrons. The van der Waals surface area contributed by atoms with E-state index in [4.69, 9.17) is 4.74 Å². The van der Waals surface area contributed by atoms with Crippen LogP contribution in [-0.2, 0) is 6.61 Å². The number of pyridine rings is 1. The van der Waals surface area contributed by atoms with Crippen LogP contribution in [0.15, 0.2) is 46.9 Å². The molecule has 16 heavy (non-hydrogen) atoms. The van der Waals surface area contributed by atoms with Crippen LogP contribution >= 0.6 is 15.9 Å². The molecule has 1 aromatic heterocycles. The van der Waals surface area contributed by atoms with Gasteiger partial charge in [0.05, 0.1) is 0 Å². The lowest BCUT2D eigenvalue weighted by Crippen LogP contribution is -1.97. The lowest BCUT2D eigenvalue weighted by molar-refractivity contribution is 0.289. The fourth-order valence-corrected chi connectivity index (χ4v) is 1.47. The molecule has 2 nitrogen and oxygen atoms in total. The molecule has 0 unspecified atom stereocenters. The summed E-state index contributed by atoms with van der Waals surface area (Å²) in [6.07, 6.45) is 0. The van der Waals surface area contributed by atoms with Crippen molar-refractivity contribution in [3.8, 4) is 5.88 Å². The molecule has 0 saturated heterocycles. The first-order valence-electron chi connectivity index (χ1n) is 4.74. The van der Waals surface area contributed by atoms with Crippen molar-refractivity contribution >= 4 is 15.9 Å². The molecular weight excluding hydrogens is 273 g/mol. The third-order valence-electron chi connectivity index (χ3n) is 1.99. The molecule has 82 valence electrons. The van der Waals surface area contributed by atoms with Gasteiger partial charge in [0, 0.05) is 10.5 Å². The molecule has 0 saturated carbocycles. The minimum Gasteiger partial charge on any atom is -0.473 e. The van der Waals surface area contributed by atoms with Crippen molar-refractivity contribution in [1.29, 1.82) is 0 Å². The Morgan fingerprint density at radius 3 is 2.56 bits per heavy atom. The van der Waals surface area contributed by atoms with Gasteiger partial charge in [-0.25, -0.2) is 0 Å². The van der Waals surface area contributed by atoms with Gasteiger partial charge in [-0.15, -0.1) is 0 Å². The zero-order valence-electron chi connectivity index (χ0n) is 8.36. The van der Waals surface area contributed by atoms with E-state index in [2.05, 4.69) is 20.9 Å². The first-order chi connectivity index (χ1) is 7.74. The van der Waals surface area contributed by atoms with Gasteiger partial charge < -0.3 is 4.74 Å². The zero-order chi connectivity index (χ0) is 11.4. The van der Waals surface area contributed by atoms with Crippen molar-refractivity contribution in [2.75, 3.05) is 0 Å². The fourth-order valence-electron chi connectivity index (χ4n) is 1.21. The summed E-state index contributed by atoms with van der Waals surface area (Å²) in [7, 11) is 0. The average molecular weight is 282 g/mol. The van der Waals surface area contributed by atoms with E-state index in [1.807, 2.05) is 24.3 Å². The standard InChI is InChI=1S/C12H9BrFNO/c13-10-6-4-9(5-7-10)8-16-12-3-1-2-11(14)15-12/h1-7H,8H2. The number of rotatable bonds is 3. The summed E-state index contributed by atoms with van der Waals surface area (Å²) >= 11 is 3.35. The Hall–Kier alpha value is -1.42. The number of ether oxygens (including phenoxy) is 1. The minimum absolute atomic E-state index is 0.294. The van der Waals surface area contributed by atoms with Crippen molar-refractivity contribution < 1.29 is 9.13 Å². The second-order valence-electron chi connectivity index (χ2n) is 3.21. The van der Waals surface area contributed by atoms with Crippen LogP contribution < -0.4 is 4.74 Å². The number of hydrogen-bond donors (Lipinski definition) is 0. The third kappa shape index (κ3) is 3.03. The van der Waals surface area contributed by atoms with Gasteiger partial charge in [0.25, 0.3) is 0 Å². The highest BCUT2D eigenvalue weighted by molar-refractivity contribution is 9.10. The molecule has 0 aliphatic carbocycles. The fraction of sp³-hybridized carbons (Fsp3) is 0.0833. The van der Waals surface area contributed by atoms with Gasteiger partial charge >= 0.3 is 0 Å². The Labute approximate surface area is 101 Å². The van der Waals surface area contributed by atoms with E-state index >= 15 is 0 Å². The van der Waals surface area contributed by atoms with Gasteiger partial charge in [0.1, 0.15) is 6.61 Å². The van der Waals surface area contributed by atoms with Crippen LogP contribution in [0.2, 0.25) is 0 Å². The van der Waals surface area contributed by atoms with E-state index in [0.29, 0.717) is 12.5 Å².